The molecule has 0 aliphatic heterocycles. The number of hydrogen-bond acceptors (Lipinski definition) is 3. The van der Waals surface area contributed by atoms with Crippen molar-refractivity contribution >= 4 is 92.3 Å². The van der Waals surface area contributed by atoms with Gasteiger partial charge in [-0.05, 0) is 129 Å². The lowest BCUT2D eigenvalue weighted by Crippen LogP contribution is -2.10. The van der Waals surface area contributed by atoms with Crippen molar-refractivity contribution in [3.05, 3.63) is 255 Å². The third-order valence-electron chi connectivity index (χ3n) is 13.9. The molecule has 0 spiro atoms. The van der Waals surface area contributed by atoms with Crippen molar-refractivity contribution in [2.75, 3.05) is 4.90 Å². The van der Waals surface area contributed by atoms with E-state index in [2.05, 4.69) is 258 Å². The largest absolute Gasteiger partial charge is 0.456 e. The summed E-state index contributed by atoms with van der Waals surface area (Å²) in [6.07, 6.45) is 0. The predicted octanol–water partition coefficient (Wildman–Crippen LogP) is 19.2. The minimum Gasteiger partial charge on any atom is -0.456 e. The van der Waals surface area contributed by atoms with Crippen LogP contribution in [0.2, 0.25) is 0 Å². The molecule has 0 N–H and O–H groups in total. The Bertz CT molecular complexity index is 4220. The third-order valence-corrected chi connectivity index (χ3v) is 15.2. The van der Waals surface area contributed by atoms with Crippen molar-refractivity contribution in [3.63, 3.8) is 0 Å². The summed E-state index contributed by atoms with van der Waals surface area (Å²) in [6.45, 7) is 0. The summed E-state index contributed by atoms with van der Waals surface area (Å²) in [7, 11) is 0. The van der Waals surface area contributed by atoms with Crippen molar-refractivity contribution in [2.45, 2.75) is 0 Å². The van der Waals surface area contributed by atoms with E-state index in [4.69, 9.17) is 4.42 Å². The molecule has 0 aliphatic carbocycles. The Labute approximate surface area is 409 Å². The molecule has 3 nitrogen and oxygen atoms in total. The molecule has 0 bridgehead atoms. The van der Waals surface area contributed by atoms with Crippen LogP contribution in [0.4, 0.5) is 17.1 Å². The Balaban J connectivity index is 1.01. The van der Waals surface area contributed by atoms with Gasteiger partial charge in [-0.15, -0.1) is 11.3 Å². The van der Waals surface area contributed by atoms with E-state index in [-0.39, 0.29) is 0 Å². The van der Waals surface area contributed by atoms with Crippen LogP contribution in [0.15, 0.2) is 259 Å². The average Bonchev–Trinajstić information content (AvgIpc) is 4.11. The number of anilines is 3. The SMILES string of the molecule is c1ccc(-c2ccc(N(c3ccc4oc5ccccc5c4c3)c3cc(-c4ccc5c6ccccc6n(-c6cc(-c7ccccc7)cc(-c7ccccc7)c6)c5c4)cc4c3sc3ccccc34)cc2)cc1. The molecule has 14 aromatic rings. The van der Waals surface area contributed by atoms with E-state index in [1.54, 1.807) is 0 Å². The highest BCUT2D eigenvalue weighted by Crippen LogP contribution is 2.49. The van der Waals surface area contributed by atoms with Crippen LogP contribution in [-0.2, 0) is 0 Å². The number of furan rings is 1. The molecule has 70 heavy (non-hydrogen) atoms. The van der Waals surface area contributed by atoms with Gasteiger partial charge in [-0.1, -0.05) is 170 Å². The normalized spacial score (nSPS) is 11.7. The summed E-state index contributed by atoms with van der Waals surface area (Å²) in [5.74, 6) is 0. The van der Waals surface area contributed by atoms with Gasteiger partial charge in [0.25, 0.3) is 0 Å². The fourth-order valence-corrected chi connectivity index (χ4v) is 11.8. The first-order valence-electron chi connectivity index (χ1n) is 23.8. The maximum Gasteiger partial charge on any atom is 0.135 e. The van der Waals surface area contributed by atoms with Gasteiger partial charge in [0.2, 0.25) is 0 Å². The number of hydrogen-bond donors (Lipinski definition) is 0. The van der Waals surface area contributed by atoms with Crippen molar-refractivity contribution in [1.29, 1.82) is 0 Å². The molecule has 0 saturated carbocycles. The molecule has 0 radical (unpaired) electrons. The number of rotatable bonds is 8. The zero-order chi connectivity index (χ0) is 46.1. The summed E-state index contributed by atoms with van der Waals surface area (Å²) >= 11 is 1.86. The zero-order valence-electron chi connectivity index (χ0n) is 38.0. The molecule has 0 amide bonds. The van der Waals surface area contributed by atoms with Crippen molar-refractivity contribution in [2.24, 2.45) is 0 Å². The van der Waals surface area contributed by atoms with Gasteiger partial charge in [0, 0.05) is 54.1 Å². The van der Waals surface area contributed by atoms with Crippen LogP contribution in [0.5, 0.6) is 0 Å². The Morgan fingerprint density at radius 3 is 1.59 bits per heavy atom. The van der Waals surface area contributed by atoms with Crippen molar-refractivity contribution in [3.8, 4) is 50.2 Å². The number of nitrogens with zero attached hydrogens (tertiary/aromatic N) is 2. The molecular formula is C66H42N2OS. The fraction of sp³-hybridized carbons (Fsp3) is 0. The molecule has 0 saturated heterocycles. The Morgan fingerprint density at radius 2 is 0.857 bits per heavy atom. The van der Waals surface area contributed by atoms with Gasteiger partial charge >= 0.3 is 0 Å². The Hall–Kier alpha value is -8.96. The van der Waals surface area contributed by atoms with E-state index in [1.807, 2.05) is 17.4 Å². The van der Waals surface area contributed by atoms with Gasteiger partial charge < -0.3 is 13.9 Å². The topological polar surface area (TPSA) is 21.3 Å². The van der Waals surface area contributed by atoms with E-state index in [9.17, 15) is 0 Å². The number of aromatic nitrogens is 1. The van der Waals surface area contributed by atoms with Gasteiger partial charge in [-0.25, -0.2) is 0 Å². The first kappa shape index (κ1) is 40.1. The van der Waals surface area contributed by atoms with Gasteiger partial charge in [0.15, 0.2) is 0 Å². The van der Waals surface area contributed by atoms with Crippen molar-refractivity contribution in [1.82, 2.24) is 4.57 Å². The molecule has 4 heteroatoms. The van der Waals surface area contributed by atoms with Gasteiger partial charge in [-0.3, -0.25) is 0 Å². The van der Waals surface area contributed by atoms with E-state index >= 15 is 0 Å². The maximum absolute atomic E-state index is 6.39. The summed E-state index contributed by atoms with van der Waals surface area (Å²) in [4.78, 5) is 2.45. The van der Waals surface area contributed by atoms with Crippen LogP contribution in [0, 0.1) is 0 Å². The molecule has 14 rings (SSSR count). The highest BCUT2D eigenvalue weighted by Gasteiger charge is 2.23. The number of benzene rings is 11. The van der Waals surface area contributed by atoms with E-state index in [1.165, 1.54) is 69.8 Å². The van der Waals surface area contributed by atoms with Crippen LogP contribution in [0.3, 0.4) is 0 Å². The zero-order valence-corrected chi connectivity index (χ0v) is 38.8. The standard InChI is InChI=1S/C66H42N2OS/c1-4-16-43(17-5-1)46-28-31-51(32-29-46)67(52-33-35-64-58(42-52)56-23-11-14-26-63(56)69-64)62-41-50(39-59-57-24-12-15-27-65(57)70-66(59)62)47-30-34-55-54-22-10-13-25-60(54)68(61(55)40-47)53-37-48(44-18-6-2-7-19-44)36-49(38-53)45-20-8-3-9-21-45/h1-42H. The van der Waals surface area contributed by atoms with Crippen LogP contribution >= 0.6 is 11.3 Å². The van der Waals surface area contributed by atoms with Crippen LogP contribution in [0.1, 0.15) is 0 Å². The van der Waals surface area contributed by atoms with E-state index in [0.29, 0.717) is 0 Å². The minimum absolute atomic E-state index is 0.874. The minimum atomic E-state index is 0.874. The molecule has 0 atom stereocenters. The fourth-order valence-electron chi connectivity index (χ4n) is 10.6. The van der Waals surface area contributed by atoms with Crippen molar-refractivity contribution < 1.29 is 4.42 Å². The van der Waals surface area contributed by atoms with Crippen LogP contribution in [0.25, 0.3) is 114 Å². The van der Waals surface area contributed by atoms with Gasteiger partial charge in [-0.2, -0.15) is 0 Å². The van der Waals surface area contributed by atoms with Gasteiger partial charge in [0.05, 0.1) is 21.4 Å². The summed E-state index contributed by atoms with van der Waals surface area (Å²) < 4.78 is 11.3. The second-order valence-corrected chi connectivity index (χ2v) is 19.1. The lowest BCUT2D eigenvalue weighted by atomic mass is 9.97. The molecular weight excluding hydrogens is 869 g/mol. The summed E-state index contributed by atoms with van der Waals surface area (Å²) in [5, 5.41) is 7.12. The first-order chi connectivity index (χ1) is 34.7. The Morgan fingerprint density at radius 1 is 0.314 bits per heavy atom. The quantitative estimate of drug-likeness (QED) is 0.151. The molecule has 328 valence electrons. The molecule has 0 unspecified atom stereocenters. The van der Waals surface area contributed by atoms with Crippen LogP contribution < -0.4 is 4.90 Å². The molecule has 0 fully saturated rings. The third kappa shape index (κ3) is 6.72. The second kappa shape index (κ2) is 16.4. The molecule has 0 aliphatic rings. The lowest BCUT2D eigenvalue weighted by molar-refractivity contribution is 0.669. The molecule has 3 heterocycles. The molecule has 11 aromatic carbocycles. The molecule has 3 aromatic heterocycles. The van der Waals surface area contributed by atoms with E-state index < -0.39 is 0 Å². The van der Waals surface area contributed by atoms with Crippen LogP contribution in [-0.4, -0.2) is 4.57 Å². The average molecular weight is 911 g/mol. The number of thiophene rings is 1. The first-order valence-corrected chi connectivity index (χ1v) is 24.6. The smallest absolute Gasteiger partial charge is 0.135 e. The number of para-hydroxylation sites is 2. The van der Waals surface area contributed by atoms with E-state index in [0.717, 1.165) is 61.3 Å². The highest BCUT2D eigenvalue weighted by atomic mass is 32.1. The lowest BCUT2D eigenvalue weighted by Gasteiger charge is -2.27. The maximum atomic E-state index is 6.39. The summed E-state index contributed by atoms with van der Waals surface area (Å²) in [6, 6.07) is 92.7. The summed E-state index contributed by atoms with van der Waals surface area (Å²) in [5.41, 5.74) is 17.9. The Kier molecular flexibility index (Phi) is 9.39. The predicted molar refractivity (Wildman–Crippen MR) is 297 cm³/mol. The number of fused-ring (bicyclic) bond motifs is 9. The highest BCUT2D eigenvalue weighted by molar-refractivity contribution is 7.26. The monoisotopic (exact) mass is 910 g/mol. The van der Waals surface area contributed by atoms with Gasteiger partial charge in [0.1, 0.15) is 11.2 Å². The second-order valence-electron chi connectivity index (χ2n) is 18.1.